The molecule has 112 valence electrons. The zero-order valence-corrected chi connectivity index (χ0v) is 13.2. The minimum atomic E-state index is -0.868. The average molecular weight is 335 g/mol. The lowest BCUT2D eigenvalue weighted by molar-refractivity contribution is -0.126. The number of rotatable bonds is 2. The first kappa shape index (κ1) is 14.9. The van der Waals surface area contributed by atoms with Gasteiger partial charge in [-0.3, -0.25) is 9.59 Å². The van der Waals surface area contributed by atoms with E-state index in [1.807, 2.05) is 12.1 Å². The number of carbonyl (C=O) groups excluding carboxylic acids is 2. The van der Waals surface area contributed by atoms with Crippen LogP contribution in [0.2, 0.25) is 10.0 Å². The normalized spacial score (nSPS) is 16.6. The van der Waals surface area contributed by atoms with Crippen molar-refractivity contribution >= 4 is 46.4 Å². The van der Waals surface area contributed by atoms with Crippen molar-refractivity contribution in [3.05, 3.63) is 58.1 Å². The molecule has 3 rings (SSSR count). The van der Waals surface area contributed by atoms with Crippen molar-refractivity contribution in [2.45, 2.75) is 5.92 Å². The number of nitrogens with one attached hydrogen (secondary N) is 1. The smallest absolute Gasteiger partial charge is 0.243 e. The first-order chi connectivity index (χ1) is 10.5. The molecule has 0 fully saturated rings. The van der Waals surface area contributed by atoms with Gasteiger partial charge in [0.05, 0.1) is 10.7 Å². The van der Waals surface area contributed by atoms with E-state index in [1.165, 1.54) is 11.0 Å². The van der Waals surface area contributed by atoms with Gasteiger partial charge in [0.1, 0.15) is 5.92 Å². The van der Waals surface area contributed by atoms with Crippen molar-refractivity contribution in [2.75, 3.05) is 17.3 Å². The highest BCUT2D eigenvalue weighted by atomic mass is 35.5. The number of carbonyl (C=O) groups is 2. The number of hydrogen-bond donors (Lipinski definition) is 1. The van der Waals surface area contributed by atoms with Crippen LogP contribution >= 0.6 is 23.2 Å². The van der Waals surface area contributed by atoms with Crippen LogP contribution in [0, 0.1) is 0 Å². The van der Waals surface area contributed by atoms with Gasteiger partial charge in [0.2, 0.25) is 11.8 Å². The lowest BCUT2D eigenvalue weighted by atomic mass is 10.00. The minimum absolute atomic E-state index is 0.260. The summed E-state index contributed by atoms with van der Waals surface area (Å²) in [6.07, 6.45) is 0. The Kier molecular flexibility index (Phi) is 3.81. The molecule has 1 heterocycles. The molecule has 2 amide bonds. The predicted molar refractivity (Wildman–Crippen MR) is 87.7 cm³/mol. The molecule has 0 radical (unpaired) electrons. The highest BCUT2D eigenvalue weighted by molar-refractivity contribution is 6.37. The minimum Gasteiger partial charge on any atom is -0.324 e. The third-order valence-electron chi connectivity index (χ3n) is 3.64. The van der Waals surface area contributed by atoms with E-state index in [9.17, 15) is 9.59 Å². The Bertz CT molecular complexity index is 776. The van der Waals surface area contributed by atoms with E-state index < -0.39 is 11.8 Å². The summed E-state index contributed by atoms with van der Waals surface area (Å²) in [7, 11) is 1.66. The van der Waals surface area contributed by atoms with Gasteiger partial charge in [0.15, 0.2) is 0 Å². The SMILES string of the molecule is CN1C(=O)C(C(=O)Nc2ccc(Cl)cc2Cl)c2ccccc21. The highest BCUT2D eigenvalue weighted by Gasteiger charge is 2.40. The van der Waals surface area contributed by atoms with Crippen molar-refractivity contribution in [3.8, 4) is 0 Å². The largest absolute Gasteiger partial charge is 0.324 e. The van der Waals surface area contributed by atoms with E-state index in [0.717, 1.165) is 5.69 Å². The van der Waals surface area contributed by atoms with Crippen molar-refractivity contribution in [2.24, 2.45) is 0 Å². The summed E-state index contributed by atoms with van der Waals surface area (Å²) in [6.45, 7) is 0. The molecule has 2 aromatic rings. The van der Waals surface area contributed by atoms with Crippen LogP contribution in [0.1, 0.15) is 11.5 Å². The molecule has 6 heteroatoms. The second-order valence-electron chi connectivity index (χ2n) is 5.00. The Hall–Kier alpha value is -2.04. The number of likely N-dealkylation sites (N-methyl/N-ethyl adjacent to an activating group) is 1. The van der Waals surface area contributed by atoms with Gasteiger partial charge in [0.25, 0.3) is 0 Å². The standard InChI is InChI=1S/C16H12Cl2N2O2/c1-20-13-5-3-2-4-10(13)14(16(20)22)15(21)19-12-7-6-9(17)8-11(12)18/h2-8,14H,1H3,(H,19,21). The molecule has 4 nitrogen and oxygen atoms in total. The van der Waals surface area contributed by atoms with Crippen molar-refractivity contribution in [1.29, 1.82) is 0 Å². The summed E-state index contributed by atoms with van der Waals surface area (Å²) in [6, 6.07) is 12.0. The van der Waals surface area contributed by atoms with Crippen LogP contribution in [0.15, 0.2) is 42.5 Å². The predicted octanol–water partition coefficient (Wildman–Crippen LogP) is 3.69. The quantitative estimate of drug-likeness (QED) is 0.851. The van der Waals surface area contributed by atoms with Gasteiger partial charge in [-0.1, -0.05) is 41.4 Å². The summed E-state index contributed by atoms with van der Waals surface area (Å²) in [5, 5.41) is 3.50. The van der Waals surface area contributed by atoms with Crippen molar-refractivity contribution in [1.82, 2.24) is 0 Å². The molecule has 1 unspecified atom stereocenters. The zero-order chi connectivity index (χ0) is 15.9. The summed E-state index contributed by atoms with van der Waals surface area (Å²) in [4.78, 5) is 26.4. The van der Waals surface area contributed by atoms with Gasteiger partial charge >= 0.3 is 0 Å². The summed E-state index contributed by atoms with van der Waals surface area (Å²) in [5.41, 5.74) is 1.86. The molecular weight excluding hydrogens is 323 g/mol. The van der Waals surface area contributed by atoms with Gasteiger partial charge in [-0.05, 0) is 29.8 Å². The van der Waals surface area contributed by atoms with Gasteiger partial charge in [0, 0.05) is 17.8 Å². The molecule has 1 aliphatic rings. The van der Waals surface area contributed by atoms with E-state index in [-0.39, 0.29) is 5.91 Å². The number of para-hydroxylation sites is 1. The molecule has 0 saturated carbocycles. The molecule has 0 saturated heterocycles. The number of halogens is 2. The van der Waals surface area contributed by atoms with E-state index in [0.29, 0.717) is 21.3 Å². The van der Waals surface area contributed by atoms with Crippen LogP contribution < -0.4 is 10.2 Å². The maximum Gasteiger partial charge on any atom is 0.243 e. The van der Waals surface area contributed by atoms with Gasteiger partial charge in [-0.15, -0.1) is 0 Å². The summed E-state index contributed by atoms with van der Waals surface area (Å²) in [5.74, 6) is -1.54. The Morgan fingerprint density at radius 1 is 1.18 bits per heavy atom. The molecule has 2 aromatic carbocycles. The van der Waals surface area contributed by atoms with E-state index in [4.69, 9.17) is 23.2 Å². The van der Waals surface area contributed by atoms with Crippen LogP contribution in [0.5, 0.6) is 0 Å². The maximum atomic E-state index is 12.5. The van der Waals surface area contributed by atoms with E-state index in [2.05, 4.69) is 5.32 Å². The van der Waals surface area contributed by atoms with E-state index >= 15 is 0 Å². The van der Waals surface area contributed by atoms with Crippen LogP contribution in [-0.2, 0) is 9.59 Å². The topological polar surface area (TPSA) is 49.4 Å². The molecule has 0 aromatic heterocycles. The van der Waals surface area contributed by atoms with Crippen LogP contribution in [0.4, 0.5) is 11.4 Å². The Morgan fingerprint density at radius 2 is 1.91 bits per heavy atom. The number of benzene rings is 2. The second-order valence-corrected chi connectivity index (χ2v) is 5.85. The van der Waals surface area contributed by atoms with Crippen LogP contribution in [0.3, 0.4) is 0 Å². The van der Waals surface area contributed by atoms with Gasteiger partial charge in [-0.2, -0.15) is 0 Å². The Morgan fingerprint density at radius 3 is 2.64 bits per heavy atom. The third-order valence-corrected chi connectivity index (χ3v) is 4.19. The fourth-order valence-corrected chi connectivity index (χ4v) is 2.99. The molecule has 1 aliphatic heterocycles. The van der Waals surface area contributed by atoms with Gasteiger partial charge < -0.3 is 10.2 Å². The third kappa shape index (κ3) is 2.45. The van der Waals surface area contributed by atoms with Gasteiger partial charge in [-0.25, -0.2) is 0 Å². The molecule has 0 aliphatic carbocycles. The number of fused-ring (bicyclic) bond motifs is 1. The number of amides is 2. The van der Waals surface area contributed by atoms with Crippen LogP contribution in [-0.4, -0.2) is 18.9 Å². The molecular formula is C16H12Cl2N2O2. The molecule has 0 spiro atoms. The molecule has 1 atom stereocenters. The number of anilines is 2. The summed E-state index contributed by atoms with van der Waals surface area (Å²) >= 11 is 11.9. The monoisotopic (exact) mass is 334 g/mol. The fraction of sp³-hybridized carbons (Fsp3) is 0.125. The van der Waals surface area contributed by atoms with E-state index in [1.54, 1.807) is 31.3 Å². The number of hydrogen-bond acceptors (Lipinski definition) is 2. The Labute approximate surface area is 137 Å². The zero-order valence-electron chi connectivity index (χ0n) is 11.6. The number of nitrogens with zero attached hydrogens (tertiary/aromatic N) is 1. The lowest BCUT2D eigenvalue weighted by Gasteiger charge is -2.12. The first-order valence-electron chi connectivity index (χ1n) is 6.61. The Balaban J connectivity index is 1.91. The van der Waals surface area contributed by atoms with Crippen molar-refractivity contribution in [3.63, 3.8) is 0 Å². The fourth-order valence-electron chi connectivity index (χ4n) is 2.53. The molecule has 0 bridgehead atoms. The average Bonchev–Trinajstić information content (AvgIpc) is 2.74. The molecule has 22 heavy (non-hydrogen) atoms. The lowest BCUT2D eigenvalue weighted by Crippen LogP contribution is -2.31. The molecule has 1 N–H and O–H groups in total. The van der Waals surface area contributed by atoms with Crippen molar-refractivity contribution < 1.29 is 9.59 Å². The van der Waals surface area contributed by atoms with Crippen LogP contribution in [0.25, 0.3) is 0 Å². The maximum absolute atomic E-state index is 12.5. The second kappa shape index (κ2) is 5.63. The summed E-state index contributed by atoms with van der Waals surface area (Å²) < 4.78 is 0. The first-order valence-corrected chi connectivity index (χ1v) is 7.37. The highest BCUT2D eigenvalue weighted by Crippen LogP contribution is 2.37.